The highest BCUT2D eigenvalue weighted by molar-refractivity contribution is 6.31. The molecule has 6 nitrogen and oxygen atoms in total. The lowest BCUT2D eigenvalue weighted by atomic mass is 10.1. The van der Waals surface area contributed by atoms with Crippen LogP contribution in [0.1, 0.15) is 0 Å². The molecule has 1 heterocycles. The molecule has 3 rings (SSSR count). The summed E-state index contributed by atoms with van der Waals surface area (Å²) < 4.78 is 1.83. The molecular formula is C14H11ClN4O2. The third-order valence-electron chi connectivity index (χ3n) is 3.33. The molecule has 0 bridgehead atoms. The molecule has 3 aromatic rings. The number of nitro benzene ring substituents is 1. The molecule has 0 aliphatic carbocycles. The van der Waals surface area contributed by atoms with Gasteiger partial charge < -0.3 is 10.3 Å². The smallest absolute Gasteiger partial charge is 0.270 e. The van der Waals surface area contributed by atoms with Crippen LogP contribution < -0.4 is 5.73 Å². The van der Waals surface area contributed by atoms with Gasteiger partial charge in [0.2, 0.25) is 0 Å². The number of anilines is 1. The number of rotatable bonds is 2. The lowest BCUT2D eigenvalue weighted by Gasteiger charge is -2.05. The molecule has 0 aliphatic heterocycles. The molecule has 0 aliphatic rings. The minimum Gasteiger partial charge on any atom is -0.398 e. The minimum atomic E-state index is -0.456. The van der Waals surface area contributed by atoms with Gasteiger partial charge in [-0.05, 0) is 24.3 Å². The third kappa shape index (κ3) is 2.19. The van der Waals surface area contributed by atoms with Crippen LogP contribution in [-0.4, -0.2) is 14.5 Å². The third-order valence-corrected chi connectivity index (χ3v) is 3.57. The molecule has 0 saturated carbocycles. The van der Waals surface area contributed by atoms with Crippen molar-refractivity contribution in [1.82, 2.24) is 9.55 Å². The second-order valence-corrected chi connectivity index (χ2v) is 5.09. The number of nitro groups is 1. The summed E-state index contributed by atoms with van der Waals surface area (Å²) >= 11 is 5.96. The Morgan fingerprint density at radius 2 is 2.05 bits per heavy atom. The van der Waals surface area contributed by atoms with E-state index in [4.69, 9.17) is 17.3 Å². The number of benzene rings is 2. The van der Waals surface area contributed by atoms with E-state index in [9.17, 15) is 10.1 Å². The number of imidazole rings is 1. The minimum absolute atomic E-state index is 0.0238. The zero-order chi connectivity index (χ0) is 15.1. The number of halogens is 1. The molecule has 21 heavy (non-hydrogen) atoms. The van der Waals surface area contributed by atoms with Gasteiger partial charge in [-0.25, -0.2) is 4.98 Å². The van der Waals surface area contributed by atoms with Crippen LogP contribution in [-0.2, 0) is 7.05 Å². The predicted octanol–water partition coefficient (Wildman–Crippen LogP) is 3.38. The van der Waals surface area contributed by atoms with E-state index in [1.54, 1.807) is 12.1 Å². The maximum absolute atomic E-state index is 10.9. The standard InChI is InChI=1S/C14H11ClN4O2/c1-18-13-5-2-8(15)6-12(13)17-14(18)10-7-9(19(20)21)3-4-11(10)16/h2-7H,16H2,1H3. The summed E-state index contributed by atoms with van der Waals surface area (Å²) in [4.78, 5) is 14.9. The first kappa shape index (κ1) is 13.4. The summed E-state index contributed by atoms with van der Waals surface area (Å²) in [5.41, 5.74) is 8.47. The molecule has 2 N–H and O–H groups in total. The van der Waals surface area contributed by atoms with Gasteiger partial charge in [0.1, 0.15) is 5.82 Å². The normalized spacial score (nSPS) is 11.0. The van der Waals surface area contributed by atoms with E-state index in [0.29, 0.717) is 27.6 Å². The lowest BCUT2D eigenvalue weighted by molar-refractivity contribution is -0.384. The van der Waals surface area contributed by atoms with Crippen molar-refractivity contribution < 1.29 is 4.92 Å². The Morgan fingerprint density at radius 1 is 1.29 bits per heavy atom. The van der Waals surface area contributed by atoms with Crippen molar-refractivity contribution in [3.8, 4) is 11.4 Å². The molecule has 0 radical (unpaired) electrons. The van der Waals surface area contributed by atoms with Crippen LogP contribution in [0.4, 0.5) is 11.4 Å². The lowest BCUT2D eigenvalue weighted by Crippen LogP contribution is -1.98. The quantitative estimate of drug-likeness (QED) is 0.446. The molecule has 2 aromatic carbocycles. The Kier molecular flexibility index (Phi) is 3.03. The summed E-state index contributed by atoms with van der Waals surface area (Å²) in [5, 5.41) is 11.5. The van der Waals surface area contributed by atoms with Crippen molar-refractivity contribution in [1.29, 1.82) is 0 Å². The van der Waals surface area contributed by atoms with Crippen LogP contribution in [0.5, 0.6) is 0 Å². The molecule has 0 amide bonds. The van der Waals surface area contributed by atoms with E-state index in [0.717, 1.165) is 5.52 Å². The van der Waals surface area contributed by atoms with Crippen LogP contribution in [0, 0.1) is 10.1 Å². The average Bonchev–Trinajstić information content (AvgIpc) is 2.75. The Hall–Kier alpha value is -2.60. The molecule has 1 aromatic heterocycles. The fourth-order valence-electron chi connectivity index (χ4n) is 2.27. The van der Waals surface area contributed by atoms with Crippen LogP contribution >= 0.6 is 11.6 Å². The maximum Gasteiger partial charge on any atom is 0.270 e. The van der Waals surface area contributed by atoms with Gasteiger partial charge in [0.15, 0.2) is 0 Å². The van der Waals surface area contributed by atoms with E-state index in [1.165, 1.54) is 18.2 Å². The number of non-ortho nitro benzene ring substituents is 1. The van der Waals surface area contributed by atoms with Crippen LogP contribution in [0.3, 0.4) is 0 Å². The van der Waals surface area contributed by atoms with Crippen molar-refractivity contribution in [2.24, 2.45) is 7.05 Å². The Bertz CT molecular complexity index is 873. The highest BCUT2D eigenvalue weighted by atomic mass is 35.5. The van der Waals surface area contributed by atoms with Gasteiger partial charge in [-0.1, -0.05) is 11.6 Å². The van der Waals surface area contributed by atoms with Gasteiger partial charge in [-0.15, -0.1) is 0 Å². The summed E-state index contributed by atoms with van der Waals surface area (Å²) in [7, 11) is 1.83. The molecule has 7 heteroatoms. The van der Waals surface area contributed by atoms with Crippen molar-refractivity contribution in [3.05, 3.63) is 51.5 Å². The summed E-state index contributed by atoms with van der Waals surface area (Å²) in [5.74, 6) is 0.563. The zero-order valence-corrected chi connectivity index (χ0v) is 11.8. The highest BCUT2D eigenvalue weighted by Crippen LogP contribution is 2.31. The molecular weight excluding hydrogens is 292 g/mol. The summed E-state index contributed by atoms with van der Waals surface area (Å²) in [6.45, 7) is 0. The van der Waals surface area contributed by atoms with Crippen LogP contribution in [0.25, 0.3) is 22.4 Å². The topological polar surface area (TPSA) is 87.0 Å². The second kappa shape index (κ2) is 4.75. The Labute approximate surface area is 124 Å². The van der Waals surface area contributed by atoms with Gasteiger partial charge in [0.05, 0.1) is 16.0 Å². The highest BCUT2D eigenvalue weighted by Gasteiger charge is 2.16. The summed E-state index contributed by atoms with van der Waals surface area (Å²) in [6.07, 6.45) is 0. The SMILES string of the molecule is Cn1c(-c2cc([N+](=O)[O-])ccc2N)nc2cc(Cl)ccc21. The molecule has 0 unspecified atom stereocenters. The molecule has 0 fully saturated rings. The number of nitrogens with zero attached hydrogens (tertiary/aromatic N) is 3. The molecule has 106 valence electrons. The van der Waals surface area contributed by atoms with Gasteiger partial charge in [0, 0.05) is 35.5 Å². The number of nitrogen functional groups attached to an aromatic ring is 1. The van der Waals surface area contributed by atoms with E-state index < -0.39 is 4.92 Å². The number of hydrogen-bond donors (Lipinski definition) is 1. The van der Waals surface area contributed by atoms with E-state index in [2.05, 4.69) is 4.98 Å². The molecule has 0 spiro atoms. The van der Waals surface area contributed by atoms with Gasteiger partial charge in [0.25, 0.3) is 5.69 Å². The van der Waals surface area contributed by atoms with Crippen molar-refractivity contribution in [3.63, 3.8) is 0 Å². The van der Waals surface area contributed by atoms with E-state index >= 15 is 0 Å². The number of hydrogen-bond acceptors (Lipinski definition) is 4. The van der Waals surface area contributed by atoms with Gasteiger partial charge in [-0.3, -0.25) is 10.1 Å². The van der Waals surface area contributed by atoms with Crippen molar-refractivity contribution in [2.45, 2.75) is 0 Å². The van der Waals surface area contributed by atoms with E-state index in [1.807, 2.05) is 17.7 Å². The zero-order valence-electron chi connectivity index (χ0n) is 11.1. The van der Waals surface area contributed by atoms with Gasteiger partial charge in [-0.2, -0.15) is 0 Å². The molecule has 0 atom stereocenters. The Morgan fingerprint density at radius 3 is 2.76 bits per heavy atom. The first-order valence-electron chi connectivity index (χ1n) is 6.13. The average molecular weight is 303 g/mol. The van der Waals surface area contributed by atoms with Crippen LogP contribution in [0.15, 0.2) is 36.4 Å². The number of aromatic nitrogens is 2. The first-order valence-corrected chi connectivity index (χ1v) is 6.51. The predicted molar refractivity (Wildman–Crippen MR) is 82.2 cm³/mol. The fourth-order valence-corrected chi connectivity index (χ4v) is 2.43. The largest absolute Gasteiger partial charge is 0.398 e. The van der Waals surface area contributed by atoms with Crippen molar-refractivity contribution in [2.75, 3.05) is 5.73 Å². The van der Waals surface area contributed by atoms with Gasteiger partial charge >= 0.3 is 0 Å². The molecule has 0 saturated heterocycles. The number of nitrogens with two attached hydrogens (primary N) is 1. The number of aryl methyl sites for hydroxylation is 1. The van der Waals surface area contributed by atoms with Crippen molar-refractivity contribution >= 4 is 34.0 Å². The fraction of sp³-hybridized carbons (Fsp3) is 0.0714. The monoisotopic (exact) mass is 302 g/mol. The maximum atomic E-state index is 10.9. The second-order valence-electron chi connectivity index (χ2n) is 4.66. The van der Waals surface area contributed by atoms with Crippen LogP contribution in [0.2, 0.25) is 5.02 Å². The summed E-state index contributed by atoms with van der Waals surface area (Å²) in [6, 6.07) is 9.68. The first-order chi connectivity index (χ1) is 9.97. The Balaban J connectivity index is 2.27. The number of fused-ring (bicyclic) bond motifs is 1. The van der Waals surface area contributed by atoms with E-state index in [-0.39, 0.29) is 5.69 Å².